The van der Waals surface area contributed by atoms with Gasteiger partial charge in [0.15, 0.2) is 0 Å². The summed E-state index contributed by atoms with van der Waals surface area (Å²) in [5, 5.41) is 4.63. The number of hydrogen-bond acceptors (Lipinski definition) is 7. The van der Waals surface area contributed by atoms with E-state index in [2.05, 4.69) is 15.1 Å². The molecule has 0 fully saturated rings. The lowest BCUT2D eigenvalue weighted by Crippen LogP contribution is -2.07. The summed E-state index contributed by atoms with van der Waals surface area (Å²) in [6.07, 6.45) is 4.91. The van der Waals surface area contributed by atoms with Crippen molar-refractivity contribution in [2.24, 2.45) is 0 Å². The normalized spacial score (nSPS) is 10.7. The highest BCUT2D eigenvalue weighted by Crippen LogP contribution is 2.21. The molecule has 8 heteroatoms. The molecule has 0 N–H and O–H groups in total. The number of rotatable bonds is 9. The van der Waals surface area contributed by atoms with Gasteiger partial charge in [0.05, 0.1) is 13.0 Å². The van der Waals surface area contributed by atoms with Gasteiger partial charge in [-0.3, -0.25) is 9.78 Å². The van der Waals surface area contributed by atoms with Crippen LogP contribution in [0, 0.1) is 0 Å². The van der Waals surface area contributed by atoms with Gasteiger partial charge >= 0.3 is 5.97 Å². The summed E-state index contributed by atoms with van der Waals surface area (Å²) in [4.78, 5) is 21.2. The number of halogens is 1. The van der Waals surface area contributed by atoms with Crippen molar-refractivity contribution in [1.29, 1.82) is 0 Å². The van der Waals surface area contributed by atoms with E-state index in [1.54, 1.807) is 24.2 Å². The summed E-state index contributed by atoms with van der Waals surface area (Å²) >= 11 is 7.44. The largest absolute Gasteiger partial charge is 0.466 e. The molecule has 2 heterocycles. The Balaban J connectivity index is 1.31. The second kappa shape index (κ2) is 10.1. The van der Waals surface area contributed by atoms with Gasteiger partial charge in [-0.25, -0.2) is 0 Å². The number of ether oxygens (including phenoxy) is 1. The Morgan fingerprint density at radius 1 is 1.22 bits per heavy atom. The quantitative estimate of drug-likeness (QED) is 0.297. The third-order valence-electron chi connectivity index (χ3n) is 3.57. The molecule has 3 aromatic rings. The number of aryl methyl sites for hydroxylation is 1. The third-order valence-corrected chi connectivity index (χ3v) is 4.84. The highest BCUT2D eigenvalue weighted by molar-refractivity contribution is 7.99. The minimum Gasteiger partial charge on any atom is -0.466 e. The maximum absolute atomic E-state index is 11.8. The van der Waals surface area contributed by atoms with Gasteiger partial charge in [0, 0.05) is 40.0 Å². The van der Waals surface area contributed by atoms with Crippen LogP contribution < -0.4 is 0 Å². The van der Waals surface area contributed by atoms with Crippen LogP contribution in [0.1, 0.15) is 18.7 Å². The maximum Gasteiger partial charge on any atom is 0.306 e. The van der Waals surface area contributed by atoms with Crippen LogP contribution in [0.25, 0.3) is 11.4 Å². The van der Waals surface area contributed by atoms with Crippen LogP contribution in [0.2, 0.25) is 5.02 Å². The molecule has 1 aromatic carbocycles. The molecule has 0 spiro atoms. The molecule has 0 bridgehead atoms. The molecule has 27 heavy (non-hydrogen) atoms. The van der Waals surface area contributed by atoms with Crippen LogP contribution >= 0.6 is 23.4 Å². The van der Waals surface area contributed by atoms with E-state index in [-0.39, 0.29) is 5.97 Å². The molecule has 140 valence electrons. The molecule has 0 aliphatic heterocycles. The molecule has 0 aliphatic carbocycles. The number of benzene rings is 1. The molecule has 6 nitrogen and oxygen atoms in total. The van der Waals surface area contributed by atoms with Gasteiger partial charge in [-0.05, 0) is 42.8 Å². The van der Waals surface area contributed by atoms with Gasteiger partial charge in [0.25, 0.3) is 0 Å². The van der Waals surface area contributed by atoms with Crippen LogP contribution in [0.3, 0.4) is 0 Å². The second-order valence-corrected chi connectivity index (χ2v) is 7.23. The summed E-state index contributed by atoms with van der Waals surface area (Å²) in [7, 11) is 0. The van der Waals surface area contributed by atoms with Gasteiger partial charge in [0.2, 0.25) is 11.7 Å². The molecule has 0 aliphatic rings. The molecule has 2 aromatic heterocycles. The first kappa shape index (κ1) is 19.4. The van der Waals surface area contributed by atoms with E-state index < -0.39 is 0 Å². The number of aromatic nitrogens is 3. The van der Waals surface area contributed by atoms with E-state index >= 15 is 0 Å². The molecule has 0 saturated heterocycles. The smallest absolute Gasteiger partial charge is 0.306 e. The summed E-state index contributed by atoms with van der Waals surface area (Å²) in [6, 6.07) is 11.2. The molecular weight excluding hydrogens is 386 g/mol. The van der Waals surface area contributed by atoms with Gasteiger partial charge in [0.1, 0.15) is 0 Å². The Bertz CT molecular complexity index is 856. The van der Waals surface area contributed by atoms with E-state index in [4.69, 9.17) is 20.9 Å². The molecule has 0 atom stereocenters. The zero-order chi connectivity index (χ0) is 18.9. The number of hydrogen-bond donors (Lipinski definition) is 0. The van der Waals surface area contributed by atoms with Crippen molar-refractivity contribution in [3.05, 3.63) is 59.7 Å². The number of pyridine rings is 1. The summed E-state index contributed by atoms with van der Waals surface area (Å²) in [5.74, 6) is 1.48. The highest BCUT2D eigenvalue weighted by Gasteiger charge is 2.09. The predicted octanol–water partition coefficient (Wildman–Crippen LogP) is 4.44. The minimum absolute atomic E-state index is 0.210. The minimum atomic E-state index is -0.210. The van der Waals surface area contributed by atoms with Gasteiger partial charge in [-0.2, -0.15) is 4.98 Å². The van der Waals surface area contributed by atoms with Crippen molar-refractivity contribution in [2.45, 2.75) is 24.2 Å². The zero-order valence-electron chi connectivity index (χ0n) is 14.5. The van der Waals surface area contributed by atoms with Crippen LogP contribution in [0.5, 0.6) is 0 Å². The Morgan fingerprint density at radius 3 is 2.85 bits per heavy atom. The van der Waals surface area contributed by atoms with Crippen molar-refractivity contribution in [1.82, 2.24) is 15.1 Å². The first-order valence-electron chi connectivity index (χ1n) is 8.48. The first-order chi connectivity index (χ1) is 13.2. The van der Waals surface area contributed by atoms with Gasteiger partial charge in [-0.1, -0.05) is 16.8 Å². The van der Waals surface area contributed by atoms with E-state index in [0.717, 1.165) is 10.5 Å². The third kappa shape index (κ3) is 6.37. The first-order valence-corrected chi connectivity index (χ1v) is 9.84. The number of carbonyl (C=O) groups is 1. The lowest BCUT2D eigenvalue weighted by atomic mass is 10.3. The fraction of sp³-hybridized carbons (Fsp3) is 0.263. The molecule has 0 amide bonds. The Morgan fingerprint density at radius 2 is 2.07 bits per heavy atom. The predicted molar refractivity (Wildman–Crippen MR) is 104 cm³/mol. The van der Waals surface area contributed by atoms with Crippen LogP contribution in [0.15, 0.2) is 58.2 Å². The zero-order valence-corrected chi connectivity index (χ0v) is 16.1. The fourth-order valence-electron chi connectivity index (χ4n) is 2.23. The Kier molecular flexibility index (Phi) is 7.24. The van der Waals surface area contributed by atoms with E-state index in [9.17, 15) is 4.79 Å². The average molecular weight is 404 g/mol. The number of esters is 1. The Hall–Kier alpha value is -2.38. The summed E-state index contributed by atoms with van der Waals surface area (Å²) in [5.41, 5.74) is 0.803. The highest BCUT2D eigenvalue weighted by atomic mass is 35.5. The maximum atomic E-state index is 11.8. The van der Waals surface area contributed by atoms with Crippen molar-refractivity contribution in [3.8, 4) is 11.4 Å². The second-order valence-electron chi connectivity index (χ2n) is 5.63. The molecular formula is C19H18ClN3O3S. The van der Waals surface area contributed by atoms with E-state index in [1.807, 2.05) is 36.4 Å². The Labute approximate surface area is 166 Å². The lowest BCUT2D eigenvalue weighted by Gasteiger charge is -2.04. The summed E-state index contributed by atoms with van der Waals surface area (Å²) in [6.45, 7) is 0.328. The standard InChI is InChI=1S/C19H18ClN3O3S/c20-15-5-7-16(8-6-15)27-12-9-18(24)25-11-2-4-17-22-19(23-26-17)14-3-1-10-21-13-14/h1,3,5-8,10,13H,2,4,9,11-12H2. The van der Waals surface area contributed by atoms with Crippen LogP contribution in [-0.2, 0) is 16.0 Å². The number of carbonyl (C=O) groups excluding carboxylic acids is 1. The van der Waals surface area contributed by atoms with Crippen molar-refractivity contribution in [2.75, 3.05) is 12.4 Å². The summed E-state index contributed by atoms with van der Waals surface area (Å²) < 4.78 is 10.4. The molecule has 3 rings (SSSR count). The lowest BCUT2D eigenvalue weighted by molar-refractivity contribution is -0.143. The number of nitrogens with zero attached hydrogens (tertiary/aromatic N) is 3. The van der Waals surface area contributed by atoms with Crippen LogP contribution in [-0.4, -0.2) is 33.5 Å². The van der Waals surface area contributed by atoms with Gasteiger partial charge < -0.3 is 9.26 Å². The average Bonchev–Trinajstić information content (AvgIpc) is 3.16. The number of thioether (sulfide) groups is 1. The van der Waals surface area contributed by atoms with Crippen molar-refractivity contribution < 1.29 is 14.1 Å². The fourth-order valence-corrected chi connectivity index (χ4v) is 3.19. The van der Waals surface area contributed by atoms with E-state index in [0.29, 0.717) is 48.4 Å². The molecule has 0 unspecified atom stereocenters. The monoisotopic (exact) mass is 403 g/mol. The van der Waals surface area contributed by atoms with Crippen molar-refractivity contribution >= 4 is 29.3 Å². The molecule has 0 radical (unpaired) electrons. The molecule has 0 saturated carbocycles. The van der Waals surface area contributed by atoms with Crippen LogP contribution in [0.4, 0.5) is 0 Å². The van der Waals surface area contributed by atoms with Gasteiger partial charge in [-0.15, -0.1) is 11.8 Å². The van der Waals surface area contributed by atoms with E-state index in [1.165, 1.54) is 0 Å². The van der Waals surface area contributed by atoms with Crippen molar-refractivity contribution in [3.63, 3.8) is 0 Å². The topological polar surface area (TPSA) is 78.1 Å². The SMILES string of the molecule is O=C(CCSc1ccc(Cl)cc1)OCCCc1nc(-c2cccnc2)no1.